The maximum absolute atomic E-state index is 11.8. The van der Waals surface area contributed by atoms with Crippen molar-refractivity contribution in [3.63, 3.8) is 0 Å². The van der Waals surface area contributed by atoms with Crippen LogP contribution in [0.5, 0.6) is 0 Å². The smallest absolute Gasteiger partial charge is 0.202 e. The number of rotatable bonds is 2. The second kappa shape index (κ2) is 4.48. The average Bonchev–Trinajstić information content (AvgIpc) is 2.51. The third-order valence-electron chi connectivity index (χ3n) is 2.95. The fraction of sp³-hybridized carbons (Fsp3) is 0.909. The molecule has 1 aliphatic heterocycles. The molecule has 0 radical (unpaired) electrons. The first-order chi connectivity index (χ1) is 6.66. The van der Waals surface area contributed by atoms with Crippen LogP contribution in [0.2, 0.25) is 0 Å². The molecule has 1 nitrogen and oxygen atoms in total. The van der Waals surface area contributed by atoms with Crippen LogP contribution in [0.3, 0.4) is 0 Å². The molecule has 0 bridgehead atoms. The predicted octanol–water partition coefficient (Wildman–Crippen LogP) is 3.33. The van der Waals surface area contributed by atoms with Gasteiger partial charge in [-0.1, -0.05) is 32.0 Å². The molecule has 0 aromatic rings. The Hall–Kier alpha value is 0.370. The molecule has 14 heavy (non-hydrogen) atoms. The zero-order chi connectivity index (χ0) is 10.1. The molecule has 1 saturated carbocycles. The van der Waals surface area contributed by atoms with Gasteiger partial charge in [0.05, 0.1) is 5.25 Å². The molecule has 80 valence electrons. The quantitative estimate of drug-likeness (QED) is 0.724. The number of hydrogen-bond acceptors (Lipinski definition) is 3. The third kappa shape index (κ3) is 2.30. The summed E-state index contributed by atoms with van der Waals surface area (Å²) in [4.78, 5) is 11.8. The molecule has 1 saturated heterocycles. The highest BCUT2D eigenvalue weighted by molar-refractivity contribution is 8.19. The Bertz CT molecular complexity index is 227. The zero-order valence-corrected chi connectivity index (χ0v) is 10.5. The van der Waals surface area contributed by atoms with Gasteiger partial charge in [-0.05, 0) is 25.2 Å². The Labute approximate surface area is 94.8 Å². The first-order valence-electron chi connectivity index (χ1n) is 5.53. The third-order valence-corrected chi connectivity index (χ3v) is 6.30. The minimum atomic E-state index is 0.291. The Morgan fingerprint density at radius 2 is 2.07 bits per heavy atom. The normalized spacial score (nSPS) is 37.6. The average molecular weight is 230 g/mol. The minimum Gasteiger partial charge on any atom is -0.286 e. The van der Waals surface area contributed by atoms with Gasteiger partial charge in [0.2, 0.25) is 5.12 Å². The number of fused-ring (bicyclic) bond motifs is 1. The van der Waals surface area contributed by atoms with Crippen LogP contribution in [0.1, 0.15) is 39.5 Å². The Balaban J connectivity index is 1.96. The van der Waals surface area contributed by atoms with E-state index in [4.69, 9.17) is 0 Å². The first-order valence-corrected chi connectivity index (χ1v) is 7.35. The fourth-order valence-corrected chi connectivity index (χ4v) is 5.71. The van der Waals surface area contributed by atoms with E-state index in [1.165, 1.54) is 19.3 Å². The van der Waals surface area contributed by atoms with Gasteiger partial charge < -0.3 is 0 Å². The lowest BCUT2D eigenvalue weighted by molar-refractivity contribution is -0.110. The van der Waals surface area contributed by atoms with Crippen molar-refractivity contribution in [2.45, 2.75) is 55.3 Å². The largest absolute Gasteiger partial charge is 0.286 e. The van der Waals surface area contributed by atoms with Gasteiger partial charge in [0, 0.05) is 10.5 Å². The second-order valence-corrected chi connectivity index (χ2v) is 7.39. The molecular weight excluding hydrogens is 212 g/mol. The summed E-state index contributed by atoms with van der Waals surface area (Å²) in [5.41, 5.74) is 0. The van der Waals surface area contributed by atoms with Gasteiger partial charge in [-0.2, -0.15) is 0 Å². The van der Waals surface area contributed by atoms with Crippen LogP contribution in [0.15, 0.2) is 0 Å². The molecule has 1 aliphatic carbocycles. The van der Waals surface area contributed by atoms with Crippen LogP contribution in [0.4, 0.5) is 0 Å². The van der Waals surface area contributed by atoms with Crippen LogP contribution >= 0.6 is 23.5 Å². The maximum Gasteiger partial charge on any atom is 0.202 e. The van der Waals surface area contributed by atoms with Gasteiger partial charge >= 0.3 is 0 Å². The van der Waals surface area contributed by atoms with Crippen LogP contribution in [-0.2, 0) is 4.79 Å². The van der Waals surface area contributed by atoms with Gasteiger partial charge in [-0.3, -0.25) is 4.79 Å². The fourth-order valence-electron chi connectivity index (χ4n) is 2.25. The zero-order valence-electron chi connectivity index (χ0n) is 8.86. The molecule has 0 N–H and O–H groups in total. The van der Waals surface area contributed by atoms with E-state index in [0.717, 1.165) is 11.7 Å². The summed E-state index contributed by atoms with van der Waals surface area (Å²) in [6.45, 7) is 4.42. The van der Waals surface area contributed by atoms with Crippen molar-refractivity contribution >= 4 is 28.6 Å². The molecule has 3 heteroatoms. The van der Waals surface area contributed by atoms with Crippen molar-refractivity contribution in [2.75, 3.05) is 0 Å². The van der Waals surface area contributed by atoms with Crippen molar-refractivity contribution in [1.82, 2.24) is 0 Å². The lowest BCUT2D eigenvalue weighted by Crippen LogP contribution is -2.31. The van der Waals surface area contributed by atoms with Crippen LogP contribution in [0, 0.1) is 5.92 Å². The van der Waals surface area contributed by atoms with Crippen molar-refractivity contribution in [1.29, 1.82) is 0 Å². The van der Waals surface area contributed by atoms with E-state index in [-0.39, 0.29) is 0 Å². The van der Waals surface area contributed by atoms with E-state index < -0.39 is 0 Å². The second-order valence-electron chi connectivity index (χ2n) is 4.70. The summed E-state index contributed by atoms with van der Waals surface area (Å²) < 4.78 is 0. The highest BCUT2D eigenvalue weighted by atomic mass is 32.2. The van der Waals surface area contributed by atoms with Crippen molar-refractivity contribution in [3.8, 4) is 0 Å². The number of carbonyl (C=O) groups excluding carboxylic acids is 1. The summed E-state index contributed by atoms with van der Waals surface area (Å²) in [6, 6.07) is 0. The predicted molar refractivity (Wildman–Crippen MR) is 64.9 cm³/mol. The van der Waals surface area contributed by atoms with Gasteiger partial charge in [0.25, 0.3) is 0 Å². The molecule has 0 aromatic heterocycles. The molecule has 3 atom stereocenters. The number of hydrogen-bond donors (Lipinski definition) is 0. The van der Waals surface area contributed by atoms with Crippen molar-refractivity contribution < 1.29 is 4.79 Å². The summed E-state index contributed by atoms with van der Waals surface area (Å²) in [5, 5.41) is 2.17. The van der Waals surface area contributed by atoms with Gasteiger partial charge in [0.1, 0.15) is 0 Å². The Morgan fingerprint density at radius 1 is 1.36 bits per heavy atom. The van der Waals surface area contributed by atoms with Crippen LogP contribution < -0.4 is 0 Å². The van der Waals surface area contributed by atoms with Gasteiger partial charge in [0.15, 0.2) is 0 Å². The molecule has 2 fully saturated rings. The Morgan fingerprint density at radius 3 is 2.79 bits per heavy atom. The summed E-state index contributed by atoms with van der Waals surface area (Å²) in [6.07, 6.45) is 5.00. The van der Waals surface area contributed by atoms with E-state index in [1.807, 2.05) is 11.8 Å². The molecule has 2 rings (SSSR count). The van der Waals surface area contributed by atoms with Crippen LogP contribution in [0.25, 0.3) is 0 Å². The van der Waals surface area contributed by atoms with E-state index >= 15 is 0 Å². The SMILES string of the molecule is CC(C)C[C@H]1SC2CCCC2SC1=O. The lowest BCUT2D eigenvalue weighted by Gasteiger charge is -2.30. The van der Waals surface area contributed by atoms with Crippen molar-refractivity contribution in [3.05, 3.63) is 0 Å². The highest BCUT2D eigenvalue weighted by Crippen LogP contribution is 2.46. The van der Waals surface area contributed by atoms with Crippen LogP contribution in [-0.4, -0.2) is 20.9 Å². The van der Waals surface area contributed by atoms with Gasteiger partial charge in [-0.15, -0.1) is 11.8 Å². The highest BCUT2D eigenvalue weighted by Gasteiger charge is 2.39. The molecule has 0 amide bonds. The van der Waals surface area contributed by atoms with E-state index in [1.54, 1.807) is 11.8 Å². The molecule has 0 aromatic carbocycles. The monoisotopic (exact) mass is 230 g/mol. The molecule has 0 spiro atoms. The number of thioether (sulfide) groups is 2. The number of carbonyl (C=O) groups is 1. The van der Waals surface area contributed by atoms with E-state index in [2.05, 4.69) is 13.8 Å². The topological polar surface area (TPSA) is 17.1 Å². The molecule has 2 aliphatic rings. The lowest BCUT2D eigenvalue weighted by atomic mass is 10.1. The summed E-state index contributed by atoms with van der Waals surface area (Å²) in [5.74, 6) is 0.648. The van der Waals surface area contributed by atoms with E-state index in [0.29, 0.717) is 21.5 Å². The van der Waals surface area contributed by atoms with E-state index in [9.17, 15) is 4.79 Å². The summed E-state index contributed by atoms with van der Waals surface area (Å²) >= 11 is 3.62. The van der Waals surface area contributed by atoms with Crippen molar-refractivity contribution in [2.24, 2.45) is 5.92 Å². The van der Waals surface area contributed by atoms with Gasteiger partial charge in [-0.25, -0.2) is 0 Å². The molecular formula is C11H18OS2. The molecule has 1 heterocycles. The summed E-state index contributed by atoms with van der Waals surface area (Å²) in [7, 11) is 0. The standard InChI is InChI=1S/C11H18OS2/c1-7(2)6-10-11(12)14-9-5-3-4-8(9)13-10/h7-10H,3-6H2,1-2H3/t8?,9?,10-/m1/s1. The molecule has 2 unspecified atom stereocenters. The minimum absolute atomic E-state index is 0.291. The first kappa shape index (κ1) is 10.9. The maximum atomic E-state index is 11.8. The Kier molecular flexibility index (Phi) is 3.48.